The van der Waals surface area contributed by atoms with E-state index in [0.717, 1.165) is 16.7 Å². The molecule has 0 unspecified atom stereocenters. The van der Waals surface area contributed by atoms with Gasteiger partial charge in [-0.3, -0.25) is 30.1 Å². The van der Waals surface area contributed by atoms with Crippen LogP contribution in [0, 0.1) is 6.92 Å². The number of nitrogens with one attached hydrogen (secondary N) is 4. The smallest absolute Gasteiger partial charge is 0.267 e. The zero-order valence-electron chi connectivity index (χ0n) is 21.6. The van der Waals surface area contributed by atoms with Crippen molar-refractivity contribution in [2.24, 2.45) is 0 Å². The SMILES string of the molecule is CCONNC(=O)c1ccc(CONNC(=O)c2cc(C)cc(OCc3ccc(C(C)C)cc3)c2)cc1. The molecule has 0 saturated heterocycles. The zero-order valence-corrected chi connectivity index (χ0v) is 21.6. The van der Waals surface area contributed by atoms with Gasteiger partial charge in [0.2, 0.25) is 0 Å². The van der Waals surface area contributed by atoms with Crippen molar-refractivity contribution in [1.82, 2.24) is 22.0 Å². The molecular formula is C28H34N4O5. The molecule has 0 aliphatic carbocycles. The van der Waals surface area contributed by atoms with Crippen LogP contribution < -0.4 is 26.8 Å². The molecule has 9 nitrogen and oxygen atoms in total. The van der Waals surface area contributed by atoms with Gasteiger partial charge >= 0.3 is 0 Å². The fourth-order valence-electron chi connectivity index (χ4n) is 3.38. The molecule has 0 saturated carbocycles. The van der Waals surface area contributed by atoms with Crippen LogP contribution in [0.3, 0.4) is 0 Å². The molecule has 196 valence electrons. The number of carbonyl (C=O) groups is 2. The van der Waals surface area contributed by atoms with Gasteiger partial charge in [-0.25, -0.2) is 0 Å². The first-order valence-electron chi connectivity index (χ1n) is 12.1. The Morgan fingerprint density at radius 1 is 0.757 bits per heavy atom. The summed E-state index contributed by atoms with van der Waals surface area (Å²) in [5.41, 5.74) is 14.7. The molecule has 3 aromatic carbocycles. The van der Waals surface area contributed by atoms with E-state index in [9.17, 15) is 9.59 Å². The summed E-state index contributed by atoms with van der Waals surface area (Å²) in [7, 11) is 0. The van der Waals surface area contributed by atoms with Crippen molar-refractivity contribution < 1.29 is 24.0 Å². The third kappa shape index (κ3) is 9.00. The molecule has 9 heteroatoms. The lowest BCUT2D eigenvalue weighted by molar-refractivity contribution is 0.000599. The maximum atomic E-state index is 12.6. The summed E-state index contributed by atoms with van der Waals surface area (Å²) < 4.78 is 5.93. The van der Waals surface area contributed by atoms with E-state index in [2.05, 4.69) is 60.1 Å². The maximum absolute atomic E-state index is 12.6. The van der Waals surface area contributed by atoms with Crippen molar-refractivity contribution in [2.45, 2.75) is 46.8 Å². The van der Waals surface area contributed by atoms with Crippen LogP contribution in [0.2, 0.25) is 0 Å². The first kappa shape index (κ1) is 27.8. The van der Waals surface area contributed by atoms with E-state index in [-0.39, 0.29) is 18.4 Å². The van der Waals surface area contributed by atoms with Crippen LogP contribution in [0.15, 0.2) is 66.7 Å². The molecule has 0 fully saturated rings. The Balaban J connectivity index is 1.45. The monoisotopic (exact) mass is 506 g/mol. The number of ether oxygens (including phenoxy) is 1. The Kier molecular flexibility index (Phi) is 10.6. The lowest BCUT2D eigenvalue weighted by atomic mass is 10.0. The van der Waals surface area contributed by atoms with E-state index < -0.39 is 0 Å². The molecule has 0 aliphatic rings. The van der Waals surface area contributed by atoms with Gasteiger partial charge in [-0.05, 0) is 72.4 Å². The van der Waals surface area contributed by atoms with E-state index in [1.54, 1.807) is 43.3 Å². The molecule has 0 spiro atoms. The Morgan fingerprint density at radius 2 is 1.35 bits per heavy atom. The van der Waals surface area contributed by atoms with Gasteiger partial charge in [0.25, 0.3) is 11.8 Å². The molecule has 2 amide bonds. The maximum Gasteiger partial charge on any atom is 0.267 e. The van der Waals surface area contributed by atoms with E-state index in [1.807, 2.05) is 13.0 Å². The van der Waals surface area contributed by atoms with Gasteiger partial charge in [-0.2, -0.15) is 0 Å². The number of aryl methyl sites for hydroxylation is 1. The van der Waals surface area contributed by atoms with Crippen LogP contribution in [0.4, 0.5) is 0 Å². The highest BCUT2D eigenvalue weighted by Crippen LogP contribution is 2.20. The predicted octanol–water partition coefficient (Wildman–Crippen LogP) is 4.25. The van der Waals surface area contributed by atoms with Gasteiger partial charge in [0, 0.05) is 11.1 Å². The van der Waals surface area contributed by atoms with Crippen LogP contribution in [-0.2, 0) is 22.9 Å². The van der Waals surface area contributed by atoms with Crippen molar-refractivity contribution in [3.63, 3.8) is 0 Å². The second-order valence-electron chi connectivity index (χ2n) is 8.75. The summed E-state index contributed by atoms with van der Waals surface area (Å²) in [6.45, 7) is 9.03. The molecule has 0 atom stereocenters. The van der Waals surface area contributed by atoms with Crippen LogP contribution >= 0.6 is 0 Å². The first-order valence-corrected chi connectivity index (χ1v) is 12.1. The number of hydrogen-bond acceptors (Lipinski definition) is 7. The number of carbonyl (C=O) groups excluding carboxylic acids is 2. The number of hydrogen-bond donors (Lipinski definition) is 4. The Hall–Kier alpha value is -3.76. The predicted molar refractivity (Wildman–Crippen MR) is 140 cm³/mol. The summed E-state index contributed by atoms with van der Waals surface area (Å²) >= 11 is 0. The standard InChI is InChI=1S/C28H34N4O5/c1-5-36-31-29-27(33)24-12-8-22(9-13-24)18-37-32-30-28(34)25-14-20(4)15-26(16-25)35-17-21-6-10-23(11-7-21)19(2)3/h6-16,19,31-32H,5,17-18H2,1-4H3,(H,29,33)(H,30,34). The third-order valence-electron chi connectivity index (χ3n) is 5.44. The van der Waals surface area contributed by atoms with Crippen LogP contribution in [0.5, 0.6) is 5.75 Å². The fourth-order valence-corrected chi connectivity index (χ4v) is 3.38. The van der Waals surface area contributed by atoms with Crippen molar-refractivity contribution in [2.75, 3.05) is 6.61 Å². The van der Waals surface area contributed by atoms with Gasteiger partial charge in [0.05, 0.1) is 13.2 Å². The highest BCUT2D eigenvalue weighted by Gasteiger charge is 2.09. The minimum absolute atomic E-state index is 0.178. The second kappa shape index (κ2) is 14.1. The lowest BCUT2D eigenvalue weighted by Gasteiger charge is -2.12. The summed E-state index contributed by atoms with van der Waals surface area (Å²) in [5, 5.41) is 0. The molecule has 0 heterocycles. The number of hydrazine groups is 2. The first-order chi connectivity index (χ1) is 17.9. The molecule has 3 rings (SSSR count). The normalized spacial score (nSPS) is 10.8. The van der Waals surface area contributed by atoms with Gasteiger partial charge in [-0.15, -0.1) is 11.2 Å². The van der Waals surface area contributed by atoms with E-state index in [0.29, 0.717) is 36.0 Å². The summed E-state index contributed by atoms with van der Waals surface area (Å²) in [5.74, 6) is 0.410. The molecule has 0 aliphatic heterocycles. The van der Waals surface area contributed by atoms with Crippen LogP contribution in [0.1, 0.15) is 69.7 Å². The minimum Gasteiger partial charge on any atom is -0.489 e. The van der Waals surface area contributed by atoms with Gasteiger partial charge in [-0.1, -0.05) is 50.2 Å². The molecular weight excluding hydrogens is 472 g/mol. The molecule has 0 bridgehead atoms. The third-order valence-corrected chi connectivity index (χ3v) is 5.44. The topological polar surface area (TPSA) is 110 Å². The van der Waals surface area contributed by atoms with Crippen LogP contribution in [0.25, 0.3) is 0 Å². The molecule has 4 N–H and O–H groups in total. The zero-order chi connectivity index (χ0) is 26.6. The molecule has 0 aromatic heterocycles. The van der Waals surface area contributed by atoms with E-state index in [1.165, 1.54) is 5.56 Å². The summed E-state index contributed by atoms with van der Waals surface area (Å²) in [6, 6.07) is 20.5. The Morgan fingerprint density at radius 3 is 2.00 bits per heavy atom. The van der Waals surface area contributed by atoms with Gasteiger partial charge in [0.1, 0.15) is 12.4 Å². The Bertz CT molecular complexity index is 1160. The molecule has 0 radical (unpaired) electrons. The second-order valence-corrected chi connectivity index (χ2v) is 8.75. The average Bonchev–Trinajstić information content (AvgIpc) is 2.90. The average molecular weight is 507 g/mol. The summed E-state index contributed by atoms with van der Waals surface area (Å²) in [4.78, 5) is 34.7. The van der Waals surface area contributed by atoms with Crippen molar-refractivity contribution in [1.29, 1.82) is 0 Å². The van der Waals surface area contributed by atoms with Crippen molar-refractivity contribution in [3.05, 3.63) is 100 Å². The highest BCUT2D eigenvalue weighted by atomic mass is 16.7. The largest absolute Gasteiger partial charge is 0.489 e. The lowest BCUT2D eigenvalue weighted by Crippen LogP contribution is -2.37. The van der Waals surface area contributed by atoms with Crippen LogP contribution in [-0.4, -0.2) is 18.4 Å². The number of amides is 2. The van der Waals surface area contributed by atoms with E-state index in [4.69, 9.17) is 14.4 Å². The van der Waals surface area contributed by atoms with Gasteiger partial charge in [0.15, 0.2) is 0 Å². The highest BCUT2D eigenvalue weighted by molar-refractivity contribution is 5.94. The molecule has 37 heavy (non-hydrogen) atoms. The quantitative estimate of drug-likeness (QED) is 0.203. The summed E-state index contributed by atoms with van der Waals surface area (Å²) in [6.07, 6.45) is 0. The molecule has 3 aromatic rings. The van der Waals surface area contributed by atoms with Crippen molar-refractivity contribution >= 4 is 11.8 Å². The number of benzene rings is 3. The Labute approximate surface area is 217 Å². The fraction of sp³-hybridized carbons (Fsp3) is 0.286. The van der Waals surface area contributed by atoms with Crippen molar-refractivity contribution in [3.8, 4) is 5.75 Å². The minimum atomic E-state index is -0.358. The van der Waals surface area contributed by atoms with Gasteiger partial charge < -0.3 is 4.74 Å². The number of rotatable bonds is 13. The van der Waals surface area contributed by atoms with E-state index >= 15 is 0 Å².